The number of carbonyl (C=O) groups is 5. The number of hydrogen-bond acceptors (Lipinski definition) is 23. The van der Waals surface area contributed by atoms with Crippen LogP contribution >= 0.6 is 0 Å². The zero-order valence-electron chi connectivity index (χ0n) is 45.1. The fraction of sp³-hybridized carbons (Fsp3) is 0.830. The molecule has 0 aromatic carbocycles. The van der Waals surface area contributed by atoms with E-state index in [1.54, 1.807) is 0 Å². The van der Waals surface area contributed by atoms with E-state index in [2.05, 4.69) is 16.6 Å². The molecule has 26 nitrogen and oxygen atoms in total. The van der Waals surface area contributed by atoms with Gasteiger partial charge in [-0.15, -0.1) is 6.42 Å². The molecule has 4 fully saturated rings. The lowest BCUT2D eigenvalue weighted by molar-refractivity contribution is -0.345. The Morgan fingerprint density at radius 3 is 1.67 bits per heavy atom. The molecule has 0 radical (unpaired) electrons. The summed E-state index contributed by atoms with van der Waals surface area (Å²) >= 11 is 0. The summed E-state index contributed by atoms with van der Waals surface area (Å²) in [5.74, 6) is 1.84. The number of amides is 4. The van der Waals surface area contributed by atoms with Gasteiger partial charge in [-0.1, -0.05) is 18.8 Å². The van der Waals surface area contributed by atoms with Crippen molar-refractivity contribution < 1.29 is 112 Å². The first kappa shape index (κ1) is 66.1. The van der Waals surface area contributed by atoms with Crippen LogP contribution in [0.15, 0.2) is 12.2 Å². The number of rotatable bonds is 36. The van der Waals surface area contributed by atoms with Gasteiger partial charge in [0, 0.05) is 77.4 Å². The minimum absolute atomic E-state index is 0.00628. The smallest absolute Gasteiger partial charge is 0.253 e. The van der Waals surface area contributed by atoms with Crippen LogP contribution in [-0.4, -0.2) is 253 Å². The number of aliphatic hydroxyl groups is 8. The number of carbonyl (C=O) groups excluding carboxylic acids is 5. The molecule has 10 N–H and O–H groups in total. The maximum atomic E-state index is 12.7. The van der Waals surface area contributed by atoms with Gasteiger partial charge in [0.1, 0.15) is 79.0 Å². The molecule has 26 heteroatoms. The van der Waals surface area contributed by atoms with Crippen LogP contribution in [0.1, 0.15) is 89.9 Å². The van der Waals surface area contributed by atoms with Crippen molar-refractivity contribution in [1.82, 2.24) is 15.5 Å². The quantitative estimate of drug-likeness (QED) is 0.0172. The molecule has 0 aromatic heterocycles. The highest BCUT2D eigenvalue weighted by Crippen LogP contribution is 2.33. The Bertz CT molecular complexity index is 1900. The molecule has 3 saturated heterocycles. The first-order valence-electron chi connectivity index (χ1n) is 27.6. The highest BCUT2D eigenvalue weighted by molar-refractivity contribution is 6.12. The van der Waals surface area contributed by atoms with Crippen LogP contribution in [0.25, 0.3) is 0 Å². The molecule has 450 valence electrons. The number of unbranched alkanes of at least 4 members (excludes halogenated alkanes) is 4. The molecule has 0 bridgehead atoms. The summed E-state index contributed by atoms with van der Waals surface area (Å²) < 4.78 is 57.5. The topological polar surface area (TPSA) is 367 Å². The highest BCUT2D eigenvalue weighted by Gasteiger charge is 2.50. The predicted octanol–water partition coefficient (Wildman–Crippen LogP) is -2.77. The number of nitrogens with one attached hydrogen (secondary N) is 2. The minimum Gasteiger partial charge on any atom is -0.394 e. The normalized spacial score (nSPS) is 33.0. The molecule has 1 saturated carbocycles. The zero-order chi connectivity index (χ0) is 57.3. The third kappa shape index (κ3) is 20.9. The molecule has 4 amide bonds. The fourth-order valence-electron chi connectivity index (χ4n) is 9.98. The van der Waals surface area contributed by atoms with Crippen molar-refractivity contribution in [3.8, 4) is 12.3 Å². The molecular formula is C53H85N3O23. The van der Waals surface area contributed by atoms with E-state index in [-0.39, 0.29) is 80.5 Å². The van der Waals surface area contributed by atoms with Gasteiger partial charge in [-0.05, 0) is 63.7 Å². The SMILES string of the molecule is C#CCNC(=O)CCCCCO[C@H]1[C@@H](O)[C@@H](O)[C@@H](OC)O[C@@H]1CO[C@H]1O[C@H](CO[C@H]2O[C@H](CO)[C@@H](O)[C@@H](O)[C@H]2O)[C@@H](OCCCCCC(=O)NCCOCCOCCCC(=O)C2CCC(CN3C(=O)C=CC3=O)CC2)[C@@H](O)[C@H]1O. The van der Waals surface area contributed by atoms with Crippen molar-refractivity contribution in [1.29, 1.82) is 0 Å². The van der Waals surface area contributed by atoms with Crippen LogP contribution in [0.2, 0.25) is 0 Å². The van der Waals surface area contributed by atoms with Crippen LogP contribution in [0.3, 0.4) is 0 Å². The van der Waals surface area contributed by atoms with Gasteiger partial charge in [0.25, 0.3) is 11.8 Å². The summed E-state index contributed by atoms with van der Waals surface area (Å²) in [7, 11) is 1.26. The van der Waals surface area contributed by atoms with E-state index in [1.165, 1.54) is 24.2 Å². The number of aliphatic hydroxyl groups excluding tert-OH is 8. The van der Waals surface area contributed by atoms with E-state index >= 15 is 0 Å². The molecular weight excluding hydrogens is 1050 g/mol. The molecule has 5 rings (SSSR count). The maximum Gasteiger partial charge on any atom is 0.253 e. The molecule has 0 spiro atoms. The number of hydrogen-bond donors (Lipinski definition) is 10. The first-order valence-corrected chi connectivity index (χ1v) is 27.6. The summed E-state index contributed by atoms with van der Waals surface area (Å²) in [5.41, 5.74) is 0. The number of terminal acetylenes is 1. The number of methoxy groups -OCH3 is 1. The Morgan fingerprint density at radius 1 is 0.595 bits per heavy atom. The number of ether oxygens (including phenoxy) is 10. The van der Waals surface area contributed by atoms with Crippen molar-refractivity contribution in [2.45, 2.75) is 182 Å². The van der Waals surface area contributed by atoms with Gasteiger partial charge in [-0.3, -0.25) is 28.9 Å². The van der Waals surface area contributed by atoms with Crippen LogP contribution in [0, 0.1) is 24.2 Å². The van der Waals surface area contributed by atoms with Crippen LogP contribution in [0.5, 0.6) is 0 Å². The highest BCUT2D eigenvalue weighted by atomic mass is 16.7. The standard InChI is InChI=1S/C53H85N3O23/c1-3-20-54-38(59)12-6-4-8-23-73-49-36(78-51(70-2)47(68)44(49)65)30-76-53-48(69)45(66)50(37(79-53)31-75-52-46(67)43(64)42(63)35(29-57)77-52)74-24-9-5-7-13-39(60)55-21-25-72-27-26-71-22-10-11-34(58)33-16-14-32(15-17-33)28-56-40(61)18-19-41(56)62/h1,18-19,32-33,35-37,42-53,57,63-69H,4-17,20-31H2,2H3,(H,54,59)(H,55,60)/t32?,33?,35-,36-,37-,42-,43-,44+,45+,46-,47-,48-,49-,50-,51+,52+,53+/m1/s1. The van der Waals surface area contributed by atoms with Gasteiger partial charge < -0.3 is 98.9 Å². The van der Waals surface area contributed by atoms with Gasteiger partial charge in [0.05, 0.1) is 46.2 Å². The second-order valence-electron chi connectivity index (χ2n) is 20.4. The number of imide groups is 1. The second-order valence-corrected chi connectivity index (χ2v) is 20.4. The van der Waals surface area contributed by atoms with Gasteiger partial charge >= 0.3 is 0 Å². The van der Waals surface area contributed by atoms with Crippen molar-refractivity contribution >= 4 is 29.4 Å². The Labute approximate surface area is 460 Å². The number of nitrogens with zero attached hydrogens (tertiary/aromatic N) is 1. The van der Waals surface area contributed by atoms with Crippen LogP contribution in [0.4, 0.5) is 0 Å². The lowest BCUT2D eigenvalue weighted by Gasteiger charge is -2.45. The van der Waals surface area contributed by atoms with E-state index in [4.69, 9.17) is 53.8 Å². The summed E-state index contributed by atoms with van der Waals surface area (Å²) in [6, 6.07) is 0. The molecule has 4 heterocycles. The van der Waals surface area contributed by atoms with E-state index < -0.39 is 112 Å². The average Bonchev–Trinajstić information content (AvgIpc) is 3.82. The lowest BCUT2D eigenvalue weighted by Crippen LogP contribution is -2.63. The molecule has 79 heavy (non-hydrogen) atoms. The lowest BCUT2D eigenvalue weighted by atomic mass is 9.79. The number of ketones is 1. The maximum absolute atomic E-state index is 12.7. The minimum atomic E-state index is -1.76. The van der Waals surface area contributed by atoms with E-state index in [9.17, 15) is 64.8 Å². The number of Topliss-reactive ketones (excluding diaryl/α,β-unsaturated/α-hetero) is 1. The van der Waals surface area contributed by atoms with E-state index in [1.807, 2.05) is 0 Å². The zero-order valence-corrected chi connectivity index (χ0v) is 45.1. The van der Waals surface area contributed by atoms with Crippen LogP contribution < -0.4 is 10.6 Å². The van der Waals surface area contributed by atoms with Crippen molar-refractivity contribution in [2.75, 3.05) is 86.2 Å². The van der Waals surface area contributed by atoms with Crippen molar-refractivity contribution in [2.24, 2.45) is 11.8 Å². The first-order chi connectivity index (χ1) is 38.1. The summed E-state index contributed by atoms with van der Waals surface area (Å²) in [6.45, 7) is 0.670. The Hall–Kier alpha value is -3.67. The Kier molecular flexibility index (Phi) is 29.6. The average molecular weight is 1130 g/mol. The molecule has 1 aliphatic carbocycles. The molecule has 0 unspecified atom stereocenters. The predicted molar refractivity (Wildman–Crippen MR) is 272 cm³/mol. The summed E-state index contributed by atoms with van der Waals surface area (Å²) in [6.07, 6.45) is -6.64. The molecule has 5 aliphatic rings. The van der Waals surface area contributed by atoms with Gasteiger partial charge in [0.15, 0.2) is 18.9 Å². The molecule has 0 aromatic rings. The van der Waals surface area contributed by atoms with E-state index in [0.717, 1.165) is 25.7 Å². The summed E-state index contributed by atoms with van der Waals surface area (Å²) in [5, 5.41) is 90.7. The third-order valence-corrected chi connectivity index (χ3v) is 14.6. The summed E-state index contributed by atoms with van der Waals surface area (Å²) in [4.78, 5) is 62.1. The van der Waals surface area contributed by atoms with Gasteiger partial charge in [-0.25, -0.2) is 0 Å². The Balaban J connectivity index is 0.987. The monoisotopic (exact) mass is 1130 g/mol. The van der Waals surface area contributed by atoms with Crippen molar-refractivity contribution in [3.63, 3.8) is 0 Å². The Morgan fingerprint density at radius 2 is 1.11 bits per heavy atom. The molecule has 4 aliphatic heterocycles. The van der Waals surface area contributed by atoms with E-state index in [0.29, 0.717) is 84.3 Å². The molecule has 15 atom stereocenters. The van der Waals surface area contributed by atoms with Gasteiger partial charge in [0.2, 0.25) is 11.8 Å². The second kappa shape index (κ2) is 35.4. The largest absolute Gasteiger partial charge is 0.394 e. The van der Waals surface area contributed by atoms with Gasteiger partial charge in [-0.2, -0.15) is 0 Å². The third-order valence-electron chi connectivity index (χ3n) is 14.6. The van der Waals surface area contributed by atoms with Crippen molar-refractivity contribution in [3.05, 3.63) is 12.2 Å². The fourth-order valence-corrected chi connectivity index (χ4v) is 9.98. The van der Waals surface area contributed by atoms with Crippen LogP contribution in [-0.2, 0) is 71.3 Å².